The first-order chi connectivity index (χ1) is 11.9. The van der Waals surface area contributed by atoms with Gasteiger partial charge in [-0.15, -0.1) is 0 Å². The van der Waals surface area contributed by atoms with Crippen molar-refractivity contribution in [1.29, 1.82) is 0 Å². The van der Waals surface area contributed by atoms with Crippen molar-refractivity contribution in [3.63, 3.8) is 0 Å². The van der Waals surface area contributed by atoms with E-state index in [-0.39, 0.29) is 12.5 Å². The number of urea groups is 1. The maximum atomic E-state index is 11.8. The topological polar surface area (TPSA) is 93.2 Å². The molecule has 9 heteroatoms. The summed E-state index contributed by atoms with van der Waals surface area (Å²) in [6, 6.07) is 2.58. The molecule has 3 amide bonds. The number of carbonyl (C=O) groups is 2. The zero-order valence-electron chi connectivity index (χ0n) is 13.8. The Morgan fingerprint density at radius 3 is 2.72 bits per heavy atom. The molecule has 0 aliphatic carbocycles. The summed E-state index contributed by atoms with van der Waals surface area (Å²) in [6.45, 7) is 4.20. The molecule has 1 aromatic heterocycles. The van der Waals surface area contributed by atoms with Crippen molar-refractivity contribution in [2.24, 2.45) is 5.92 Å². The van der Waals surface area contributed by atoms with Crippen LogP contribution in [0, 0.1) is 5.92 Å². The van der Waals surface area contributed by atoms with Gasteiger partial charge in [-0.1, -0.05) is 37.0 Å². The number of nitrogens with zero attached hydrogens (tertiary/aromatic N) is 2. The van der Waals surface area contributed by atoms with Crippen LogP contribution in [0.3, 0.4) is 0 Å². The highest BCUT2D eigenvalue weighted by Crippen LogP contribution is 2.30. The van der Waals surface area contributed by atoms with Crippen molar-refractivity contribution < 1.29 is 14.3 Å². The lowest BCUT2D eigenvalue weighted by Gasteiger charge is -2.10. The lowest BCUT2D eigenvalue weighted by molar-refractivity contribution is -0.122. The van der Waals surface area contributed by atoms with Gasteiger partial charge in [0.2, 0.25) is 5.88 Å². The van der Waals surface area contributed by atoms with Crippen LogP contribution >= 0.6 is 23.2 Å². The SMILES string of the molecule is CC(C)CCNC(=O)NC(=O)COc1ncnc2c(Cl)cc(Cl)cc12. The van der Waals surface area contributed by atoms with Crippen LogP contribution in [-0.2, 0) is 4.79 Å². The van der Waals surface area contributed by atoms with Gasteiger partial charge in [-0.25, -0.2) is 14.8 Å². The molecule has 0 aliphatic heterocycles. The number of hydrogen-bond acceptors (Lipinski definition) is 5. The monoisotopic (exact) mass is 384 g/mol. The fourth-order valence-electron chi connectivity index (χ4n) is 2.00. The number of ether oxygens (including phenoxy) is 1. The Balaban J connectivity index is 1.94. The van der Waals surface area contributed by atoms with Crippen molar-refractivity contribution in [3.8, 4) is 5.88 Å². The van der Waals surface area contributed by atoms with Gasteiger partial charge in [0.1, 0.15) is 6.33 Å². The van der Waals surface area contributed by atoms with E-state index in [1.54, 1.807) is 12.1 Å². The van der Waals surface area contributed by atoms with E-state index in [0.29, 0.717) is 33.4 Å². The van der Waals surface area contributed by atoms with Crippen LogP contribution in [0.1, 0.15) is 20.3 Å². The maximum absolute atomic E-state index is 11.8. The summed E-state index contributed by atoms with van der Waals surface area (Å²) in [7, 11) is 0. The van der Waals surface area contributed by atoms with Crippen molar-refractivity contribution in [2.75, 3.05) is 13.2 Å². The van der Waals surface area contributed by atoms with Gasteiger partial charge >= 0.3 is 6.03 Å². The average molecular weight is 385 g/mol. The maximum Gasteiger partial charge on any atom is 0.321 e. The Labute approximate surface area is 155 Å². The summed E-state index contributed by atoms with van der Waals surface area (Å²) < 4.78 is 5.37. The molecule has 2 aromatic rings. The quantitative estimate of drug-likeness (QED) is 0.797. The first-order valence-electron chi connectivity index (χ1n) is 7.67. The molecule has 0 radical (unpaired) electrons. The Morgan fingerprint density at radius 2 is 2.00 bits per heavy atom. The van der Waals surface area contributed by atoms with Crippen molar-refractivity contribution >= 4 is 46.0 Å². The largest absolute Gasteiger partial charge is 0.467 e. The van der Waals surface area contributed by atoms with Crippen molar-refractivity contribution in [1.82, 2.24) is 20.6 Å². The summed E-state index contributed by atoms with van der Waals surface area (Å²) in [5.41, 5.74) is 0.461. The van der Waals surface area contributed by atoms with Gasteiger partial charge in [0.15, 0.2) is 6.61 Å². The van der Waals surface area contributed by atoms with Gasteiger partial charge in [-0.3, -0.25) is 10.1 Å². The number of amides is 3. The summed E-state index contributed by atoms with van der Waals surface area (Å²) in [4.78, 5) is 31.4. The van der Waals surface area contributed by atoms with E-state index in [1.165, 1.54) is 6.33 Å². The van der Waals surface area contributed by atoms with Crippen LogP contribution in [0.2, 0.25) is 10.0 Å². The molecule has 0 spiro atoms. The van der Waals surface area contributed by atoms with E-state index in [4.69, 9.17) is 27.9 Å². The minimum Gasteiger partial charge on any atom is -0.467 e. The number of carbonyl (C=O) groups excluding carboxylic acids is 2. The minimum absolute atomic E-state index is 0.157. The highest BCUT2D eigenvalue weighted by Gasteiger charge is 2.13. The molecule has 0 unspecified atom stereocenters. The van der Waals surface area contributed by atoms with Crippen LogP contribution in [0.25, 0.3) is 10.9 Å². The molecule has 2 rings (SSSR count). The minimum atomic E-state index is -0.595. The predicted octanol–water partition coefficient (Wildman–Crippen LogP) is 3.19. The van der Waals surface area contributed by atoms with E-state index in [9.17, 15) is 9.59 Å². The van der Waals surface area contributed by atoms with Crippen LogP contribution in [0.15, 0.2) is 18.5 Å². The third-order valence-electron chi connectivity index (χ3n) is 3.22. The van der Waals surface area contributed by atoms with Gasteiger partial charge in [-0.2, -0.15) is 0 Å². The summed E-state index contributed by atoms with van der Waals surface area (Å²) in [6.07, 6.45) is 2.10. The molecule has 7 nitrogen and oxygen atoms in total. The summed E-state index contributed by atoms with van der Waals surface area (Å²) in [5.74, 6) is 0.0238. The van der Waals surface area contributed by atoms with E-state index >= 15 is 0 Å². The third-order valence-corrected chi connectivity index (χ3v) is 3.73. The van der Waals surface area contributed by atoms with Crippen LogP contribution in [0.5, 0.6) is 5.88 Å². The molecule has 1 aromatic carbocycles. The van der Waals surface area contributed by atoms with Gasteiger partial charge in [0, 0.05) is 11.6 Å². The zero-order valence-corrected chi connectivity index (χ0v) is 15.3. The third kappa shape index (κ3) is 5.72. The number of halogens is 2. The average Bonchev–Trinajstić information content (AvgIpc) is 2.52. The van der Waals surface area contributed by atoms with Gasteiger partial charge in [-0.05, 0) is 24.5 Å². The zero-order chi connectivity index (χ0) is 18.4. The van der Waals surface area contributed by atoms with Crippen molar-refractivity contribution in [2.45, 2.75) is 20.3 Å². The normalized spacial score (nSPS) is 10.8. The smallest absolute Gasteiger partial charge is 0.321 e. The van der Waals surface area contributed by atoms with Crippen LogP contribution < -0.4 is 15.4 Å². The fourth-order valence-corrected chi connectivity index (χ4v) is 2.54. The second-order valence-electron chi connectivity index (χ2n) is 5.74. The highest BCUT2D eigenvalue weighted by atomic mass is 35.5. The Kier molecular flexibility index (Phi) is 6.78. The summed E-state index contributed by atoms with van der Waals surface area (Å²) >= 11 is 12.0. The number of fused-ring (bicyclic) bond motifs is 1. The molecule has 0 bridgehead atoms. The second kappa shape index (κ2) is 8.82. The highest BCUT2D eigenvalue weighted by molar-refractivity contribution is 6.38. The number of aromatic nitrogens is 2. The molecule has 1 heterocycles. The number of rotatable bonds is 6. The molecule has 134 valence electrons. The second-order valence-corrected chi connectivity index (χ2v) is 6.58. The molecule has 25 heavy (non-hydrogen) atoms. The van der Waals surface area contributed by atoms with Gasteiger partial charge in [0.25, 0.3) is 5.91 Å². The Bertz CT molecular complexity index is 783. The number of benzene rings is 1. The van der Waals surface area contributed by atoms with Crippen LogP contribution in [-0.4, -0.2) is 35.1 Å². The van der Waals surface area contributed by atoms with Crippen molar-refractivity contribution in [3.05, 3.63) is 28.5 Å². The molecular formula is C16H18Cl2N4O3. The van der Waals surface area contributed by atoms with E-state index < -0.39 is 11.9 Å². The molecule has 0 atom stereocenters. The fraction of sp³-hybridized carbons (Fsp3) is 0.375. The number of hydrogen-bond donors (Lipinski definition) is 2. The Hall–Kier alpha value is -2.12. The van der Waals surface area contributed by atoms with Gasteiger partial charge < -0.3 is 10.1 Å². The molecule has 0 aliphatic rings. The molecule has 0 saturated carbocycles. The van der Waals surface area contributed by atoms with Crippen LogP contribution in [0.4, 0.5) is 4.79 Å². The molecule has 0 fully saturated rings. The van der Waals surface area contributed by atoms with E-state index in [2.05, 4.69) is 20.6 Å². The first kappa shape index (κ1) is 19.2. The molecular weight excluding hydrogens is 367 g/mol. The predicted molar refractivity (Wildman–Crippen MR) is 96.0 cm³/mol. The number of imide groups is 1. The summed E-state index contributed by atoms with van der Waals surface area (Å²) in [5, 5.41) is 6.01. The number of nitrogens with one attached hydrogen (secondary N) is 2. The first-order valence-corrected chi connectivity index (χ1v) is 8.42. The molecule has 0 saturated heterocycles. The molecule has 2 N–H and O–H groups in total. The lowest BCUT2D eigenvalue weighted by Crippen LogP contribution is -2.42. The Morgan fingerprint density at radius 1 is 1.24 bits per heavy atom. The van der Waals surface area contributed by atoms with E-state index in [0.717, 1.165) is 6.42 Å². The standard InChI is InChI=1S/C16H18Cl2N4O3/c1-9(2)3-4-19-16(24)22-13(23)7-25-15-11-5-10(17)6-12(18)14(11)20-8-21-15/h5-6,8-9H,3-4,7H2,1-2H3,(H2,19,22,23,24). The van der Waals surface area contributed by atoms with Gasteiger partial charge in [0.05, 0.1) is 15.9 Å². The van der Waals surface area contributed by atoms with E-state index in [1.807, 2.05) is 13.8 Å². The lowest BCUT2D eigenvalue weighted by atomic mass is 10.1.